The summed E-state index contributed by atoms with van der Waals surface area (Å²) in [6.07, 6.45) is 2.30. The number of aliphatic imine (C=N–C) groups is 1. The summed E-state index contributed by atoms with van der Waals surface area (Å²) in [4.78, 5) is 9.53. The first kappa shape index (κ1) is 23.0. The summed E-state index contributed by atoms with van der Waals surface area (Å²) in [6, 6.07) is 0.419. The molecule has 0 aromatic carbocycles. The monoisotopic (exact) mass is 466 g/mol. The Kier molecular flexibility index (Phi) is 8.47. The van der Waals surface area contributed by atoms with Crippen LogP contribution in [0.3, 0.4) is 0 Å². The van der Waals surface area contributed by atoms with Crippen molar-refractivity contribution in [2.24, 2.45) is 16.3 Å². The highest BCUT2D eigenvalue weighted by molar-refractivity contribution is 14.0. The number of guanidine groups is 1. The lowest BCUT2D eigenvalue weighted by Crippen LogP contribution is -2.69. The van der Waals surface area contributed by atoms with E-state index in [4.69, 9.17) is 4.74 Å². The van der Waals surface area contributed by atoms with Crippen LogP contribution in [-0.2, 0) is 4.74 Å². The lowest BCUT2D eigenvalue weighted by atomic mass is 9.56. The summed E-state index contributed by atoms with van der Waals surface area (Å²) in [6.45, 7) is 17.0. The van der Waals surface area contributed by atoms with Crippen LogP contribution >= 0.6 is 24.0 Å². The standard InChI is InChI=1S/C19H38N4O.HI/c1-8-22(9-2)13-15-10-11-23(14-15)17(20-6)21-16-12-19(5,24-7)18(16,3)4;/h15-16H,8-14H2,1-7H3,(H,20,21);1H. The number of hydrogen-bond acceptors (Lipinski definition) is 3. The molecule has 1 N–H and O–H groups in total. The van der Waals surface area contributed by atoms with Crippen LogP contribution in [0.25, 0.3) is 0 Å². The Morgan fingerprint density at radius 1 is 1.28 bits per heavy atom. The summed E-state index contributed by atoms with van der Waals surface area (Å²) in [5, 5.41) is 3.71. The number of nitrogens with zero attached hydrogens (tertiary/aromatic N) is 3. The van der Waals surface area contributed by atoms with E-state index in [0.29, 0.717) is 6.04 Å². The minimum atomic E-state index is -0.0418. The highest BCUT2D eigenvalue weighted by Gasteiger charge is 2.58. The van der Waals surface area contributed by atoms with E-state index in [9.17, 15) is 0 Å². The van der Waals surface area contributed by atoms with Crippen molar-refractivity contribution in [2.75, 3.05) is 46.9 Å². The van der Waals surface area contributed by atoms with Crippen LogP contribution in [0.1, 0.15) is 47.5 Å². The number of rotatable bonds is 6. The van der Waals surface area contributed by atoms with Crippen molar-refractivity contribution >= 4 is 29.9 Å². The minimum absolute atomic E-state index is 0. The third-order valence-corrected chi connectivity index (χ3v) is 6.79. The van der Waals surface area contributed by atoms with Gasteiger partial charge in [0.2, 0.25) is 0 Å². The zero-order valence-corrected chi connectivity index (χ0v) is 19.6. The molecule has 2 rings (SSSR count). The molecule has 3 unspecified atom stereocenters. The largest absolute Gasteiger partial charge is 0.378 e. The van der Waals surface area contributed by atoms with Gasteiger partial charge in [0.1, 0.15) is 0 Å². The third kappa shape index (κ3) is 4.61. The molecule has 1 heterocycles. The molecule has 0 spiro atoms. The van der Waals surface area contributed by atoms with E-state index in [-0.39, 0.29) is 35.0 Å². The van der Waals surface area contributed by atoms with Crippen molar-refractivity contribution in [1.29, 1.82) is 0 Å². The summed E-state index contributed by atoms with van der Waals surface area (Å²) < 4.78 is 5.75. The van der Waals surface area contributed by atoms with E-state index in [2.05, 4.69) is 54.7 Å². The van der Waals surface area contributed by atoms with E-state index in [1.807, 2.05) is 14.2 Å². The second-order valence-corrected chi connectivity index (χ2v) is 8.19. The summed E-state index contributed by atoms with van der Waals surface area (Å²) in [7, 11) is 3.73. The van der Waals surface area contributed by atoms with E-state index >= 15 is 0 Å². The molecule has 3 atom stereocenters. The van der Waals surface area contributed by atoms with E-state index in [0.717, 1.165) is 44.5 Å². The normalized spacial score (nSPS) is 31.7. The van der Waals surface area contributed by atoms with Crippen molar-refractivity contribution in [1.82, 2.24) is 15.1 Å². The Morgan fingerprint density at radius 3 is 2.40 bits per heavy atom. The molecule has 2 fully saturated rings. The fourth-order valence-electron chi connectivity index (χ4n) is 4.20. The third-order valence-electron chi connectivity index (χ3n) is 6.79. The SMILES string of the molecule is CCN(CC)CC1CCN(C(=NC)NC2CC(C)(OC)C2(C)C)C1.I. The quantitative estimate of drug-likeness (QED) is 0.371. The number of ether oxygens (including phenoxy) is 1. The lowest BCUT2D eigenvalue weighted by Gasteiger charge is -2.59. The fraction of sp³-hybridized carbons (Fsp3) is 0.947. The molecule has 6 heteroatoms. The maximum atomic E-state index is 5.75. The van der Waals surface area contributed by atoms with Gasteiger partial charge in [0.15, 0.2) is 5.96 Å². The first-order chi connectivity index (χ1) is 11.3. The Balaban J connectivity index is 0.00000312. The highest BCUT2D eigenvalue weighted by Crippen LogP contribution is 2.51. The smallest absolute Gasteiger partial charge is 0.193 e. The lowest BCUT2D eigenvalue weighted by molar-refractivity contribution is -0.176. The van der Waals surface area contributed by atoms with Crippen molar-refractivity contribution in [3.63, 3.8) is 0 Å². The van der Waals surface area contributed by atoms with Gasteiger partial charge < -0.3 is 19.9 Å². The zero-order chi connectivity index (χ0) is 18.0. The predicted octanol–water partition coefficient (Wildman–Crippen LogP) is 3.05. The second-order valence-electron chi connectivity index (χ2n) is 8.19. The van der Waals surface area contributed by atoms with Crippen molar-refractivity contribution in [3.05, 3.63) is 0 Å². The Bertz CT molecular complexity index is 453. The average molecular weight is 466 g/mol. The Labute approximate surface area is 172 Å². The topological polar surface area (TPSA) is 40.1 Å². The molecule has 0 bridgehead atoms. The molecule has 0 amide bonds. The van der Waals surface area contributed by atoms with Crippen LogP contribution in [0.4, 0.5) is 0 Å². The molecule has 1 saturated heterocycles. The predicted molar refractivity (Wildman–Crippen MR) is 117 cm³/mol. The number of hydrogen-bond donors (Lipinski definition) is 1. The van der Waals surface area contributed by atoms with Gasteiger partial charge in [-0.2, -0.15) is 0 Å². The van der Waals surface area contributed by atoms with Crippen LogP contribution < -0.4 is 5.32 Å². The molecule has 5 nitrogen and oxygen atoms in total. The first-order valence-corrected chi connectivity index (χ1v) is 9.57. The molecular formula is C19H39IN4O. The van der Waals surface area contributed by atoms with Gasteiger partial charge >= 0.3 is 0 Å². The maximum absolute atomic E-state index is 5.75. The van der Waals surface area contributed by atoms with Crippen LogP contribution in [0.5, 0.6) is 0 Å². The molecule has 1 aliphatic carbocycles. The highest BCUT2D eigenvalue weighted by atomic mass is 127. The first-order valence-electron chi connectivity index (χ1n) is 9.57. The average Bonchev–Trinajstić information content (AvgIpc) is 3.04. The maximum Gasteiger partial charge on any atom is 0.193 e. The van der Waals surface area contributed by atoms with Gasteiger partial charge in [-0.05, 0) is 38.8 Å². The molecule has 0 aromatic heterocycles. The van der Waals surface area contributed by atoms with Gasteiger partial charge in [-0.1, -0.05) is 27.7 Å². The molecular weight excluding hydrogens is 427 g/mol. The molecule has 148 valence electrons. The minimum Gasteiger partial charge on any atom is -0.378 e. The van der Waals surface area contributed by atoms with Crippen molar-refractivity contribution in [2.45, 2.75) is 59.1 Å². The van der Waals surface area contributed by atoms with Crippen LogP contribution in [-0.4, -0.2) is 74.3 Å². The number of nitrogens with one attached hydrogen (secondary N) is 1. The van der Waals surface area contributed by atoms with E-state index in [1.165, 1.54) is 13.0 Å². The Hall–Kier alpha value is -0.0800. The van der Waals surface area contributed by atoms with Gasteiger partial charge in [0, 0.05) is 45.2 Å². The molecule has 1 aliphatic heterocycles. The fourth-order valence-corrected chi connectivity index (χ4v) is 4.20. The molecule has 2 aliphatic rings. The molecule has 1 saturated carbocycles. The van der Waals surface area contributed by atoms with Gasteiger partial charge in [-0.3, -0.25) is 4.99 Å². The Morgan fingerprint density at radius 2 is 1.92 bits per heavy atom. The summed E-state index contributed by atoms with van der Waals surface area (Å²) in [5.41, 5.74) is 0.0673. The van der Waals surface area contributed by atoms with Gasteiger partial charge in [-0.25, -0.2) is 0 Å². The van der Waals surface area contributed by atoms with E-state index in [1.54, 1.807) is 0 Å². The zero-order valence-electron chi connectivity index (χ0n) is 17.3. The van der Waals surface area contributed by atoms with Crippen LogP contribution in [0.15, 0.2) is 4.99 Å². The number of likely N-dealkylation sites (tertiary alicyclic amines) is 1. The molecule has 0 radical (unpaired) electrons. The van der Waals surface area contributed by atoms with Crippen LogP contribution in [0, 0.1) is 11.3 Å². The van der Waals surface area contributed by atoms with Crippen molar-refractivity contribution < 1.29 is 4.74 Å². The van der Waals surface area contributed by atoms with Gasteiger partial charge in [0.25, 0.3) is 0 Å². The second kappa shape index (κ2) is 9.22. The van der Waals surface area contributed by atoms with Gasteiger partial charge in [0.05, 0.1) is 5.60 Å². The number of methoxy groups -OCH3 is 1. The summed E-state index contributed by atoms with van der Waals surface area (Å²) >= 11 is 0. The molecule has 0 aromatic rings. The van der Waals surface area contributed by atoms with Crippen LogP contribution in [0.2, 0.25) is 0 Å². The molecule has 25 heavy (non-hydrogen) atoms. The van der Waals surface area contributed by atoms with E-state index < -0.39 is 0 Å². The number of halogens is 1. The van der Waals surface area contributed by atoms with Crippen molar-refractivity contribution in [3.8, 4) is 0 Å². The van der Waals surface area contributed by atoms with Gasteiger partial charge in [-0.15, -0.1) is 24.0 Å². The summed E-state index contributed by atoms with van der Waals surface area (Å²) in [5.74, 6) is 1.82.